The fraction of sp³-hybridized carbons (Fsp3) is 0.471. The lowest BCUT2D eigenvalue weighted by molar-refractivity contribution is -0.143. The van der Waals surface area contributed by atoms with E-state index in [0.717, 1.165) is 5.56 Å². The topological polar surface area (TPSA) is 62.3 Å². The predicted molar refractivity (Wildman–Crippen MR) is 79.1 cm³/mol. The van der Waals surface area contributed by atoms with Crippen molar-refractivity contribution in [1.29, 1.82) is 0 Å². The van der Waals surface area contributed by atoms with Crippen LogP contribution in [0.2, 0.25) is 0 Å². The molecule has 0 amide bonds. The van der Waals surface area contributed by atoms with Crippen LogP contribution in [0.1, 0.15) is 17.9 Å². The van der Waals surface area contributed by atoms with Crippen LogP contribution in [0, 0.1) is 0 Å². The zero-order chi connectivity index (χ0) is 15.3. The van der Waals surface area contributed by atoms with E-state index < -0.39 is 11.9 Å². The van der Waals surface area contributed by atoms with Crippen molar-refractivity contribution in [2.24, 2.45) is 0 Å². The van der Waals surface area contributed by atoms with Crippen molar-refractivity contribution in [3.63, 3.8) is 0 Å². The highest BCUT2D eigenvalue weighted by Crippen LogP contribution is 2.46. The van der Waals surface area contributed by atoms with Crippen LogP contribution >= 0.6 is 0 Å². The molecule has 5 unspecified atom stereocenters. The highest BCUT2D eigenvalue weighted by Gasteiger charge is 2.61. The number of carbonyl (C=O) groups excluding carboxylic acids is 1. The number of hydrogen-bond acceptors (Lipinski definition) is 5. The fourth-order valence-electron chi connectivity index (χ4n) is 3.62. The van der Waals surface area contributed by atoms with Crippen molar-refractivity contribution in [3.05, 3.63) is 47.7 Å². The van der Waals surface area contributed by atoms with Gasteiger partial charge in [0.25, 0.3) is 0 Å². The Kier molecular flexibility index (Phi) is 3.29. The molecule has 1 N–H and O–H groups in total. The second-order valence-corrected chi connectivity index (χ2v) is 6.19. The number of likely N-dealkylation sites (N-methyl/N-ethyl adjacent to an activating group) is 1. The monoisotopic (exact) mass is 301 g/mol. The third-order valence-corrected chi connectivity index (χ3v) is 4.94. The lowest BCUT2D eigenvalue weighted by atomic mass is 10.0. The van der Waals surface area contributed by atoms with E-state index in [1.165, 1.54) is 0 Å². The van der Waals surface area contributed by atoms with Crippen molar-refractivity contribution in [1.82, 2.24) is 4.90 Å². The second kappa shape index (κ2) is 5.19. The van der Waals surface area contributed by atoms with Gasteiger partial charge in [-0.1, -0.05) is 30.3 Å². The number of fused-ring (bicyclic) bond motifs is 5. The van der Waals surface area contributed by atoms with Crippen molar-refractivity contribution in [3.8, 4) is 0 Å². The number of aliphatic hydroxyl groups is 1. The molecule has 0 radical (unpaired) electrons. The summed E-state index contributed by atoms with van der Waals surface area (Å²) in [5, 5.41) is 9.54. The Balaban J connectivity index is 1.48. The summed E-state index contributed by atoms with van der Waals surface area (Å²) < 4.78 is 11.2. The molecule has 2 bridgehead atoms. The van der Waals surface area contributed by atoms with Gasteiger partial charge in [-0.2, -0.15) is 0 Å². The van der Waals surface area contributed by atoms with E-state index in [1.54, 1.807) is 0 Å². The van der Waals surface area contributed by atoms with E-state index in [-0.39, 0.29) is 24.9 Å². The minimum atomic E-state index is -0.634. The summed E-state index contributed by atoms with van der Waals surface area (Å²) in [6, 6.07) is 9.75. The molecule has 0 saturated carbocycles. The summed E-state index contributed by atoms with van der Waals surface area (Å²) in [4.78, 5) is 14.7. The van der Waals surface area contributed by atoms with Gasteiger partial charge in [0.05, 0.1) is 12.6 Å². The van der Waals surface area contributed by atoms with E-state index in [2.05, 4.69) is 11.9 Å². The molecule has 2 fully saturated rings. The van der Waals surface area contributed by atoms with Gasteiger partial charge in [-0.15, -0.1) is 0 Å². The van der Waals surface area contributed by atoms with E-state index in [1.807, 2.05) is 36.4 Å². The van der Waals surface area contributed by atoms with Gasteiger partial charge in [-0.25, -0.2) is 0 Å². The number of carbonyl (C=O) groups is 1. The van der Waals surface area contributed by atoms with E-state index >= 15 is 0 Å². The average Bonchev–Trinajstić information content (AvgIpc) is 3.27. The van der Waals surface area contributed by atoms with E-state index in [0.29, 0.717) is 18.2 Å². The Morgan fingerprint density at radius 1 is 1.41 bits per heavy atom. The number of benzene rings is 1. The zero-order valence-electron chi connectivity index (χ0n) is 12.4. The lowest BCUT2D eigenvalue weighted by Crippen LogP contribution is -2.41. The Morgan fingerprint density at radius 3 is 2.86 bits per heavy atom. The quantitative estimate of drug-likeness (QED) is 0.665. The van der Waals surface area contributed by atoms with Crippen LogP contribution in [-0.4, -0.2) is 53.9 Å². The summed E-state index contributed by atoms with van der Waals surface area (Å²) >= 11 is 0. The number of morpholine rings is 1. The maximum atomic E-state index is 12.4. The Hall–Kier alpha value is -1.69. The largest absolute Gasteiger partial charge is 0.431 e. The van der Waals surface area contributed by atoms with Gasteiger partial charge >= 0.3 is 5.97 Å². The number of esters is 1. The number of aliphatic hydroxyl groups excluding tert-OH is 1. The highest BCUT2D eigenvalue weighted by atomic mass is 16.6. The smallest absolute Gasteiger partial charge is 0.320 e. The van der Waals surface area contributed by atoms with Crippen LogP contribution in [0.25, 0.3) is 0 Å². The van der Waals surface area contributed by atoms with Crippen molar-refractivity contribution in [2.45, 2.75) is 36.6 Å². The molecule has 1 aromatic rings. The molecule has 1 aromatic carbocycles. The summed E-state index contributed by atoms with van der Waals surface area (Å²) in [6.07, 6.45) is 3.22. The highest BCUT2D eigenvalue weighted by molar-refractivity contribution is 5.79. The molecular weight excluding hydrogens is 282 g/mol. The van der Waals surface area contributed by atoms with Crippen molar-refractivity contribution in [2.75, 3.05) is 13.7 Å². The molecule has 5 nitrogen and oxygen atoms in total. The van der Waals surface area contributed by atoms with Gasteiger partial charge < -0.3 is 14.6 Å². The summed E-state index contributed by atoms with van der Waals surface area (Å²) in [5.74, 6) is -0.313. The van der Waals surface area contributed by atoms with Gasteiger partial charge in [0.2, 0.25) is 0 Å². The Labute approximate surface area is 129 Å². The number of nitrogens with zero attached hydrogens (tertiary/aromatic N) is 1. The molecule has 2 saturated heterocycles. The first-order valence-corrected chi connectivity index (χ1v) is 7.64. The molecular formula is C17H19NO4. The second-order valence-electron chi connectivity index (χ2n) is 6.19. The number of ether oxygens (including phenoxy) is 2. The summed E-state index contributed by atoms with van der Waals surface area (Å²) in [5.41, 5.74) is 0.776. The van der Waals surface area contributed by atoms with Crippen molar-refractivity contribution >= 4 is 5.97 Å². The third-order valence-electron chi connectivity index (χ3n) is 4.94. The standard InChI is InChI=1S/C17H19NO4/c1-18-13-7-11(8-14(18)16-15(13)22-16)21-17(20)12(9-19)10-5-3-2-4-6-10/h2-7,12-16,19H,8-9H2,1H3. The van der Waals surface area contributed by atoms with Crippen molar-refractivity contribution < 1.29 is 19.4 Å². The Bertz CT molecular complexity index is 614. The molecule has 5 atom stereocenters. The van der Waals surface area contributed by atoms with E-state index in [4.69, 9.17) is 9.47 Å². The number of epoxide rings is 1. The van der Waals surface area contributed by atoms with Crippen LogP contribution in [0.5, 0.6) is 0 Å². The first-order valence-electron chi connectivity index (χ1n) is 7.64. The van der Waals surface area contributed by atoms with Crippen LogP contribution in [-0.2, 0) is 14.3 Å². The van der Waals surface area contributed by atoms with Gasteiger partial charge in [-0.3, -0.25) is 9.69 Å². The first-order chi connectivity index (χ1) is 10.7. The molecule has 3 aliphatic rings. The minimum absolute atomic E-state index is 0.204. The molecule has 5 heteroatoms. The molecule has 0 aliphatic carbocycles. The van der Waals surface area contributed by atoms with Crippen LogP contribution < -0.4 is 0 Å². The molecule has 4 rings (SSSR count). The Morgan fingerprint density at radius 2 is 2.18 bits per heavy atom. The van der Waals surface area contributed by atoms with Gasteiger partial charge in [0.1, 0.15) is 23.9 Å². The third kappa shape index (κ3) is 2.17. The molecule has 22 heavy (non-hydrogen) atoms. The van der Waals surface area contributed by atoms with Crippen LogP contribution in [0.3, 0.4) is 0 Å². The van der Waals surface area contributed by atoms with Gasteiger partial charge in [0, 0.05) is 12.5 Å². The minimum Gasteiger partial charge on any atom is -0.431 e. The summed E-state index contributed by atoms with van der Waals surface area (Å²) in [7, 11) is 2.08. The molecule has 116 valence electrons. The SMILES string of the molecule is CN1C2C=C(OC(=O)C(CO)c3ccccc3)CC1C1OC12. The lowest BCUT2D eigenvalue weighted by Gasteiger charge is -2.32. The molecule has 3 aliphatic heterocycles. The number of rotatable bonds is 4. The van der Waals surface area contributed by atoms with Gasteiger partial charge in [0.15, 0.2) is 0 Å². The van der Waals surface area contributed by atoms with Crippen LogP contribution in [0.4, 0.5) is 0 Å². The molecule has 0 aromatic heterocycles. The fourth-order valence-corrected chi connectivity index (χ4v) is 3.62. The predicted octanol–water partition coefficient (Wildman–Crippen LogP) is 1.04. The molecule has 0 spiro atoms. The zero-order valence-corrected chi connectivity index (χ0v) is 12.4. The maximum Gasteiger partial charge on any atom is 0.320 e. The maximum absolute atomic E-state index is 12.4. The average molecular weight is 301 g/mol. The normalized spacial score (nSPS) is 33.8. The van der Waals surface area contributed by atoms with Crippen LogP contribution in [0.15, 0.2) is 42.2 Å². The summed E-state index contributed by atoms with van der Waals surface area (Å²) in [6.45, 7) is -0.253. The number of hydrogen-bond donors (Lipinski definition) is 1. The van der Waals surface area contributed by atoms with E-state index in [9.17, 15) is 9.90 Å². The first kappa shape index (κ1) is 13.9. The molecule has 3 heterocycles. The van der Waals surface area contributed by atoms with Gasteiger partial charge in [-0.05, 0) is 18.7 Å².